The van der Waals surface area contributed by atoms with Crippen LogP contribution in [0.15, 0.2) is 11.2 Å². The monoisotopic (exact) mass is 309 g/mol. The Balaban J connectivity index is 1.54. The number of carbonyl (C=O) groups is 1. The van der Waals surface area contributed by atoms with Crippen molar-refractivity contribution >= 4 is 17.7 Å². The number of ether oxygens (including phenoxy) is 1. The number of hydrogen-bond acceptors (Lipinski definition) is 5. The van der Waals surface area contributed by atoms with Gasteiger partial charge in [-0.15, -0.1) is 0 Å². The van der Waals surface area contributed by atoms with Crippen molar-refractivity contribution in [2.75, 3.05) is 25.5 Å². The fourth-order valence-electron chi connectivity index (χ4n) is 1.88. The van der Waals surface area contributed by atoms with Crippen LogP contribution >= 0.6 is 11.8 Å². The van der Waals surface area contributed by atoms with E-state index < -0.39 is 0 Å². The zero-order valence-corrected chi connectivity index (χ0v) is 13.5. The molecule has 21 heavy (non-hydrogen) atoms. The zero-order chi connectivity index (χ0) is 15.1. The van der Waals surface area contributed by atoms with E-state index in [4.69, 9.17) is 4.74 Å². The second-order valence-corrected chi connectivity index (χ2v) is 6.39. The molecule has 1 aliphatic carbocycles. The molecule has 1 heterocycles. The van der Waals surface area contributed by atoms with Gasteiger partial charge in [0.2, 0.25) is 5.91 Å². The van der Waals surface area contributed by atoms with Crippen LogP contribution in [-0.4, -0.2) is 41.4 Å². The van der Waals surface area contributed by atoms with Crippen molar-refractivity contribution in [3.8, 4) is 0 Å². The normalized spacial score (nSPS) is 14.2. The highest BCUT2D eigenvalue weighted by Crippen LogP contribution is 2.28. The van der Waals surface area contributed by atoms with Crippen LogP contribution in [0.3, 0.4) is 0 Å². The molecule has 1 aliphatic rings. The molecule has 1 N–H and O–H groups in total. The van der Waals surface area contributed by atoms with Crippen LogP contribution in [0.25, 0.3) is 0 Å². The molecule has 1 aromatic rings. The number of nitrogens with zero attached hydrogens (tertiary/aromatic N) is 2. The van der Waals surface area contributed by atoms with Crippen molar-refractivity contribution in [1.29, 1.82) is 0 Å². The molecule has 0 unspecified atom stereocenters. The Hall–Kier alpha value is -1.14. The summed E-state index contributed by atoms with van der Waals surface area (Å²) in [6, 6.07) is 1.92. The van der Waals surface area contributed by atoms with Crippen LogP contribution in [0.1, 0.15) is 30.7 Å². The average Bonchev–Trinajstić information content (AvgIpc) is 3.23. The summed E-state index contributed by atoms with van der Waals surface area (Å²) in [5, 5.41) is 3.55. The van der Waals surface area contributed by atoms with Gasteiger partial charge in [-0.05, 0) is 45.1 Å². The fraction of sp³-hybridized carbons (Fsp3) is 0.667. The fourth-order valence-corrected chi connectivity index (χ4v) is 2.66. The van der Waals surface area contributed by atoms with Crippen molar-refractivity contribution in [2.45, 2.75) is 38.3 Å². The first-order valence-electron chi connectivity index (χ1n) is 7.43. The lowest BCUT2D eigenvalue weighted by molar-refractivity contribution is -0.118. The summed E-state index contributed by atoms with van der Waals surface area (Å²) >= 11 is 1.37. The van der Waals surface area contributed by atoms with Crippen molar-refractivity contribution in [3.05, 3.63) is 17.5 Å². The van der Waals surface area contributed by atoms with Gasteiger partial charge in [0.05, 0.1) is 5.75 Å². The van der Waals surface area contributed by atoms with Crippen LogP contribution in [-0.2, 0) is 9.53 Å². The number of carbonyl (C=O) groups excluding carboxylic acids is 1. The van der Waals surface area contributed by atoms with E-state index in [1.54, 1.807) is 0 Å². The molecule has 0 aromatic carbocycles. The molecule has 1 amide bonds. The van der Waals surface area contributed by atoms with Crippen LogP contribution in [0.4, 0.5) is 0 Å². The van der Waals surface area contributed by atoms with Crippen LogP contribution in [0.2, 0.25) is 0 Å². The van der Waals surface area contributed by atoms with E-state index in [-0.39, 0.29) is 5.91 Å². The minimum atomic E-state index is 0.0185. The van der Waals surface area contributed by atoms with Gasteiger partial charge in [-0.1, -0.05) is 11.8 Å². The first-order chi connectivity index (χ1) is 10.1. The van der Waals surface area contributed by atoms with E-state index in [1.807, 2.05) is 19.9 Å². The minimum Gasteiger partial charge on any atom is -0.381 e. The number of nitrogens with one attached hydrogen (secondary N) is 1. The zero-order valence-electron chi connectivity index (χ0n) is 12.7. The molecule has 2 rings (SSSR count). The van der Waals surface area contributed by atoms with Crippen LogP contribution in [0.5, 0.6) is 0 Å². The highest BCUT2D eigenvalue weighted by Gasteiger charge is 2.20. The molecule has 6 heteroatoms. The molecule has 116 valence electrons. The Kier molecular flexibility index (Phi) is 6.45. The highest BCUT2D eigenvalue weighted by molar-refractivity contribution is 7.99. The maximum absolute atomic E-state index is 11.7. The largest absolute Gasteiger partial charge is 0.381 e. The number of thioether (sulfide) groups is 1. The predicted octanol–water partition coefficient (Wildman–Crippen LogP) is 2.12. The second-order valence-electron chi connectivity index (χ2n) is 5.44. The average molecular weight is 309 g/mol. The first kappa shape index (κ1) is 16.2. The summed E-state index contributed by atoms with van der Waals surface area (Å²) in [6.07, 6.45) is 3.49. The van der Waals surface area contributed by atoms with E-state index in [0.717, 1.165) is 36.9 Å². The van der Waals surface area contributed by atoms with Gasteiger partial charge in [-0.2, -0.15) is 0 Å². The van der Waals surface area contributed by atoms with Gasteiger partial charge in [0.25, 0.3) is 0 Å². The van der Waals surface area contributed by atoms with Gasteiger partial charge >= 0.3 is 0 Å². The molecule has 0 bridgehead atoms. The molecule has 0 spiro atoms. The lowest BCUT2D eigenvalue weighted by atomic mass is 10.4. The summed E-state index contributed by atoms with van der Waals surface area (Å²) in [4.78, 5) is 20.3. The third-order valence-corrected chi connectivity index (χ3v) is 3.98. The smallest absolute Gasteiger partial charge is 0.230 e. The molecule has 0 saturated heterocycles. The number of aryl methyl sites for hydroxylation is 2. The summed E-state index contributed by atoms with van der Waals surface area (Å²) in [5.74, 6) is 1.17. The lowest BCUT2D eigenvalue weighted by Crippen LogP contribution is -2.27. The van der Waals surface area contributed by atoms with Crippen LogP contribution in [0, 0.1) is 19.8 Å². The van der Waals surface area contributed by atoms with E-state index in [1.165, 1.54) is 24.6 Å². The molecule has 0 aliphatic heterocycles. The van der Waals surface area contributed by atoms with E-state index >= 15 is 0 Å². The molecule has 0 atom stereocenters. The third kappa shape index (κ3) is 6.91. The third-order valence-electron chi connectivity index (χ3n) is 3.13. The molecular weight excluding hydrogens is 286 g/mol. The van der Waals surface area contributed by atoms with Crippen molar-refractivity contribution in [2.24, 2.45) is 5.92 Å². The SMILES string of the molecule is Cc1cc(C)nc(SCC(=O)NCCCOCC2CC2)n1. The molecule has 1 saturated carbocycles. The van der Waals surface area contributed by atoms with Gasteiger partial charge in [0, 0.05) is 31.1 Å². The molecular formula is C15H23N3O2S. The van der Waals surface area contributed by atoms with E-state index in [2.05, 4.69) is 15.3 Å². The van der Waals surface area contributed by atoms with Gasteiger partial charge in [-0.3, -0.25) is 4.79 Å². The topological polar surface area (TPSA) is 64.1 Å². The number of aromatic nitrogens is 2. The van der Waals surface area contributed by atoms with Crippen molar-refractivity contribution < 1.29 is 9.53 Å². The number of rotatable bonds is 9. The van der Waals surface area contributed by atoms with E-state index in [0.29, 0.717) is 17.5 Å². The number of hydrogen-bond donors (Lipinski definition) is 1. The Morgan fingerprint density at radius 2 is 2.10 bits per heavy atom. The van der Waals surface area contributed by atoms with Crippen LogP contribution < -0.4 is 5.32 Å². The van der Waals surface area contributed by atoms with Crippen molar-refractivity contribution in [3.63, 3.8) is 0 Å². The molecule has 5 nitrogen and oxygen atoms in total. The Labute approximate surface area is 130 Å². The highest BCUT2D eigenvalue weighted by atomic mass is 32.2. The first-order valence-corrected chi connectivity index (χ1v) is 8.41. The summed E-state index contributed by atoms with van der Waals surface area (Å²) in [5.41, 5.74) is 1.86. The number of amides is 1. The Morgan fingerprint density at radius 1 is 1.38 bits per heavy atom. The van der Waals surface area contributed by atoms with Crippen molar-refractivity contribution in [1.82, 2.24) is 15.3 Å². The quantitative estimate of drug-likeness (QED) is 0.430. The summed E-state index contributed by atoms with van der Waals surface area (Å²) in [6.45, 7) is 6.14. The molecule has 1 aromatic heterocycles. The maximum Gasteiger partial charge on any atom is 0.230 e. The lowest BCUT2D eigenvalue weighted by Gasteiger charge is -2.06. The summed E-state index contributed by atoms with van der Waals surface area (Å²) < 4.78 is 5.52. The second kappa shape index (κ2) is 8.34. The molecule has 0 radical (unpaired) electrons. The van der Waals surface area contributed by atoms with Gasteiger partial charge < -0.3 is 10.1 Å². The Bertz CT molecular complexity index is 458. The predicted molar refractivity (Wildman–Crippen MR) is 83.4 cm³/mol. The Morgan fingerprint density at radius 3 is 2.76 bits per heavy atom. The van der Waals surface area contributed by atoms with Gasteiger partial charge in [-0.25, -0.2) is 9.97 Å². The maximum atomic E-state index is 11.7. The van der Waals surface area contributed by atoms with E-state index in [9.17, 15) is 4.79 Å². The minimum absolute atomic E-state index is 0.0185. The summed E-state index contributed by atoms with van der Waals surface area (Å²) in [7, 11) is 0. The van der Waals surface area contributed by atoms with Gasteiger partial charge in [0.1, 0.15) is 0 Å². The standard InChI is InChI=1S/C15H23N3O2S/c1-11-8-12(2)18-15(17-11)21-10-14(19)16-6-3-7-20-9-13-4-5-13/h8,13H,3-7,9-10H2,1-2H3,(H,16,19). The van der Waals surface area contributed by atoms with Gasteiger partial charge in [0.15, 0.2) is 5.16 Å². The molecule has 1 fully saturated rings.